The Balaban J connectivity index is 1.68. The van der Waals surface area contributed by atoms with Crippen molar-refractivity contribution in [1.82, 2.24) is 25.1 Å². The van der Waals surface area contributed by atoms with E-state index >= 15 is 0 Å². The van der Waals surface area contributed by atoms with E-state index in [0.29, 0.717) is 6.04 Å². The zero-order valence-corrected chi connectivity index (χ0v) is 16.5. The molecule has 2 aromatic rings. The van der Waals surface area contributed by atoms with Gasteiger partial charge in [-0.25, -0.2) is 4.68 Å². The summed E-state index contributed by atoms with van der Waals surface area (Å²) in [6, 6.07) is 8.98. The molecule has 2 aliphatic rings. The molecule has 1 aliphatic carbocycles. The molecule has 0 N–H and O–H groups in total. The number of ether oxygens (including phenoxy) is 1. The van der Waals surface area contributed by atoms with E-state index in [1.807, 2.05) is 12.1 Å². The first-order valence-electron chi connectivity index (χ1n) is 10.4. The standard InChI is InChI=1S/C21H31N5O/c1-16-12-14-25(15-13-16)20(17-8-10-19(27-2)11-9-17)21-22-23-24-26(21)18-6-4-3-5-7-18/h8-11,16,18,20H,3-7,12-15H2,1-2H3. The second-order valence-corrected chi connectivity index (χ2v) is 8.17. The molecule has 1 aromatic carbocycles. The molecular formula is C21H31N5O. The van der Waals surface area contributed by atoms with Gasteiger partial charge in [-0.05, 0) is 72.8 Å². The smallest absolute Gasteiger partial charge is 0.173 e. The minimum atomic E-state index is 0.111. The molecule has 6 nitrogen and oxygen atoms in total. The zero-order valence-electron chi connectivity index (χ0n) is 16.5. The van der Waals surface area contributed by atoms with E-state index in [4.69, 9.17) is 4.74 Å². The molecule has 0 spiro atoms. The van der Waals surface area contributed by atoms with E-state index < -0.39 is 0 Å². The Kier molecular flexibility index (Phi) is 5.72. The highest BCUT2D eigenvalue weighted by atomic mass is 16.5. The number of hydrogen-bond acceptors (Lipinski definition) is 5. The highest BCUT2D eigenvalue weighted by Crippen LogP contribution is 2.35. The summed E-state index contributed by atoms with van der Waals surface area (Å²) in [5.74, 6) is 2.69. The Hall–Kier alpha value is -1.95. The average Bonchev–Trinajstić information content (AvgIpc) is 3.20. The summed E-state index contributed by atoms with van der Waals surface area (Å²) in [6.45, 7) is 4.54. The van der Waals surface area contributed by atoms with Gasteiger partial charge in [0.2, 0.25) is 0 Å². The van der Waals surface area contributed by atoms with Crippen LogP contribution in [0.15, 0.2) is 24.3 Å². The molecule has 1 saturated carbocycles. The van der Waals surface area contributed by atoms with Gasteiger partial charge in [-0.1, -0.05) is 38.3 Å². The summed E-state index contributed by atoms with van der Waals surface area (Å²) in [6.07, 6.45) is 8.72. The maximum atomic E-state index is 5.36. The Morgan fingerprint density at radius 2 is 1.70 bits per heavy atom. The van der Waals surface area contributed by atoms with Crippen molar-refractivity contribution in [2.24, 2.45) is 5.92 Å². The first-order valence-corrected chi connectivity index (χ1v) is 10.4. The Labute approximate surface area is 161 Å². The molecule has 4 rings (SSSR count). The number of aromatic nitrogens is 4. The van der Waals surface area contributed by atoms with E-state index in [0.717, 1.165) is 30.6 Å². The molecular weight excluding hydrogens is 338 g/mol. The first-order chi connectivity index (χ1) is 13.3. The first kappa shape index (κ1) is 18.4. The quantitative estimate of drug-likeness (QED) is 0.797. The number of hydrogen-bond donors (Lipinski definition) is 0. The fourth-order valence-corrected chi connectivity index (χ4v) is 4.56. The van der Waals surface area contributed by atoms with Gasteiger partial charge in [0.15, 0.2) is 5.82 Å². The lowest BCUT2D eigenvalue weighted by molar-refractivity contribution is 0.146. The van der Waals surface area contributed by atoms with Crippen LogP contribution in [0.1, 0.15) is 75.3 Å². The second-order valence-electron chi connectivity index (χ2n) is 8.17. The van der Waals surface area contributed by atoms with Crippen molar-refractivity contribution in [1.29, 1.82) is 0 Å². The van der Waals surface area contributed by atoms with Crippen LogP contribution in [0.4, 0.5) is 0 Å². The molecule has 1 aromatic heterocycles. The minimum Gasteiger partial charge on any atom is -0.497 e. The number of methoxy groups -OCH3 is 1. The predicted octanol–water partition coefficient (Wildman–Crippen LogP) is 4.01. The fourth-order valence-electron chi connectivity index (χ4n) is 4.56. The largest absolute Gasteiger partial charge is 0.497 e. The lowest BCUT2D eigenvalue weighted by Gasteiger charge is -2.37. The topological polar surface area (TPSA) is 56.1 Å². The molecule has 146 valence electrons. The normalized spacial score (nSPS) is 21.3. The van der Waals surface area contributed by atoms with Crippen LogP contribution < -0.4 is 4.74 Å². The van der Waals surface area contributed by atoms with E-state index in [1.165, 1.54) is 50.5 Å². The molecule has 1 aliphatic heterocycles. The summed E-state index contributed by atoms with van der Waals surface area (Å²) in [7, 11) is 1.71. The number of rotatable bonds is 5. The third-order valence-electron chi connectivity index (χ3n) is 6.30. The summed E-state index contributed by atoms with van der Waals surface area (Å²) in [4.78, 5) is 2.56. The van der Waals surface area contributed by atoms with Crippen molar-refractivity contribution < 1.29 is 4.74 Å². The van der Waals surface area contributed by atoms with Gasteiger partial charge in [-0.15, -0.1) is 5.10 Å². The van der Waals surface area contributed by atoms with Crippen LogP contribution in [-0.4, -0.2) is 45.3 Å². The van der Waals surface area contributed by atoms with Crippen LogP contribution in [-0.2, 0) is 0 Å². The zero-order chi connectivity index (χ0) is 18.6. The molecule has 27 heavy (non-hydrogen) atoms. The van der Waals surface area contributed by atoms with Crippen molar-refractivity contribution in [3.63, 3.8) is 0 Å². The van der Waals surface area contributed by atoms with Crippen molar-refractivity contribution in [3.05, 3.63) is 35.7 Å². The Morgan fingerprint density at radius 3 is 2.37 bits per heavy atom. The van der Waals surface area contributed by atoms with E-state index in [2.05, 4.69) is 44.2 Å². The van der Waals surface area contributed by atoms with Crippen molar-refractivity contribution in [2.45, 2.75) is 64.0 Å². The van der Waals surface area contributed by atoms with Gasteiger partial charge in [-0.3, -0.25) is 4.90 Å². The van der Waals surface area contributed by atoms with Gasteiger partial charge in [0.25, 0.3) is 0 Å². The van der Waals surface area contributed by atoms with Crippen LogP contribution in [0.2, 0.25) is 0 Å². The molecule has 2 heterocycles. The van der Waals surface area contributed by atoms with E-state index in [-0.39, 0.29) is 6.04 Å². The molecule has 1 atom stereocenters. The highest BCUT2D eigenvalue weighted by molar-refractivity contribution is 5.32. The van der Waals surface area contributed by atoms with Gasteiger partial charge in [0.05, 0.1) is 19.2 Å². The van der Waals surface area contributed by atoms with Gasteiger partial charge < -0.3 is 4.74 Å². The van der Waals surface area contributed by atoms with Gasteiger partial charge >= 0.3 is 0 Å². The van der Waals surface area contributed by atoms with Crippen LogP contribution in [0.3, 0.4) is 0 Å². The summed E-state index contributed by atoms with van der Waals surface area (Å²) in [5.41, 5.74) is 1.25. The average molecular weight is 370 g/mol. The molecule has 1 saturated heterocycles. The maximum Gasteiger partial charge on any atom is 0.173 e. The second kappa shape index (κ2) is 8.38. The van der Waals surface area contributed by atoms with Crippen LogP contribution in [0.5, 0.6) is 5.75 Å². The van der Waals surface area contributed by atoms with Crippen LogP contribution in [0.25, 0.3) is 0 Å². The Morgan fingerprint density at radius 1 is 1.00 bits per heavy atom. The molecule has 2 fully saturated rings. The van der Waals surface area contributed by atoms with E-state index in [1.54, 1.807) is 7.11 Å². The number of nitrogens with zero attached hydrogens (tertiary/aromatic N) is 5. The van der Waals surface area contributed by atoms with E-state index in [9.17, 15) is 0 Å². The fraction of sp³-hybridized carbons (Fsp3) is 0.667. The van der Waals surface area contributed by atoms with Crippen LogP contribution >= 0.6 is 0 Å². The van der Waals surface area contributed by atoms with Crippen LogP contribution in [0, 0.1) is 5.92 Å². The maximum absolute atomic E-state index is 5.36. The third-order valence-corrected chi connectivity index (χ3v) is 6.30. The molecule has 6 heteroatoms. The molecule has 1 unspecified atom stereocenters. The van der Waals surface area contributed by atoms with Gasteiger partial charge in [0, 0.05) is 0 Å². The number of tetrazole rings is 1. The van der Waals surface area contributed by atoms with Gasteiger partial charge in [-0.2, -0.15) is 0 Å². The number of benzene rings is 1. The van der Waals surface area contributed by atoms with Crippen molar-refractivity contribution in [2.75, 3.05) is 20.2 Å². The van der Waals surface area contributed by atoms with Crippen molar-refractivity contribution in [3.8, 4) is 5.75 Å². The highest BCUT2D eigenvalue weighted by Gasteiger charge is 2.32. The predicted molar refractivity (Wildman–Crippen MR) is 105 cm³/mol. The van der Waals surface area contributed by atoms with Crippen molar-refractivity contribution >= 4 is 0 Å². The lowest BCUT2D eigenvalue weighted by Crippen LogP contribution is -2.38. The molecule has 0 radical (unpaired) electrons. The minimum absolute atomic E-state index is 0.111. The summed E-state index contributed by atoms with van der Waals surface area (Å²) in [5, 5.41) is 13.1. The molecule has 0 amide bonds. The SMILES string of the molecule is COc1ccc(C(c2nnnn2C2CCCCC2)N2CCC(C)CC2)cc1. The van der Waals surface area contributed by atoms with Gasteiger partial charge in [0.1, 0.15) is 5.75 Å². The summed E-state index contributed by atoms with van der Waals surface area (Å²) < 4.78 is 7.49. The third kappa shape index (κ3) is 4.00. The molecule has 0 bridgehead atoms. The Bertz CT molecular complexity index is 714. The number of likely N-dealkylation sites (tertiary alicyclic amines) is 1. The monoisotopic (exact) mass is 369 g/mol. The number of piperidine rings is 1. The summed E-state index contributed by atoms with van der Waals surface area (Å²) >= 11 is 0. The lowest BCUT2D eigenvalue weighted by atomic mass is 9.93.